The van der Waals surface area contributed by atoms with Crippen molar-refractivity contribution >= 4 is 5.91 Å². The second-order valence-corrected chi connectivity index (χ2v) is 3.88. The van der Waals surface area contributed by atoms with Gasteiger partial charge in [0.25, 0.3) is 0 Å². The Labute approximate surface area is 98.9 Å². The average Bonchev–Trinajstić information content (AvgIpc) is 2.87. The van der Waals surface area contributed by atoms with E-state index in [9.17, 15) is 4.79 Å². The minimum Gasteiger partial charge on any atom is -0.469 e. The predicted molar refractivity (Wildman–Crippen MR) is 59.2 cm³/mol. The third kappa shape index (κ3) is 3.85. The van der Waals surface area contributed by atoms with Crippen molar-refractivity contribution in [3.63, 3.8) is 0 Å². The van der Waals surface area contributed by atoms with Crippen molar-refractivity contribution < 1.29 is 24.5 Å². The van der Waals surface area contributed by atoms with E-state index in [4.69, 9.17) is 19.7 Å². The molecule has 1 aromatic rings. The van der Waals surface area contributed by atoms with Crippen LogP contribution in [0.5, 0.6) is 0 Å². The van der Waals surface area contributed by atoms with Crippen molar-refractivity contribution in [1.82, 2.24) is 5.32 Å². The van der Waals surface area contributed by atoms with Crippen LogP contribution in [-0.4, -0.2) is 46.6 Å². The molecule has 1 heterocycles. The van der Waals surface area contributed by atoms with E-state index in [2.05, 4.69) is 5.32 Å². The maximum absolute atomic E-state index is 11.5. The van der Waals surface area contributed by atoms with Gasteiger partial charge in [0.2, 0.25) is 5.91 Å². The summed E-state index contributed by atoms with van der Waals surface area (Å²) < 4.78 is 5.06. The number of carbonyl (C=O) groups is 1. The third-order valence-electron chi connectivity index (χ3n) is 2.49. The van der Waals surface area contributed by atoms with E-state index < -0.39 is 25.4 Å². The van der Waals surface area contributed by atoms with Gasteiger partial charge in [-0.15, -0.1) is 0 Å². The van der Waals surface area contributed by atoms with Gasteiger partial charge >= 0.3 is 0 Å². The second-order valence-electron chi connectivity index (χ2n) is 3.88. The van der Waals surface area contributed by atoms with Crippen molar-refractivity contribution in [3.8, 4) is 0 Å². The molecular formula is C11H17NO5. The lowest BCUT2D eigenvalue weighted by atomic mass is 10.0. The van der Waals surface area contributed by atoms with Gasteiger partial charge in [-0.3, -0.25) is 4.79 Å². The molecular weight excluding hydrogens is 226 g/mol. The number of aryl methyl sites for hydroxylation is 1. The topological polar surface area (TPSA) is 103 Å². The molecule has 17 heavy (non-hydrogen) atoms. The van der Waals surface area contributed by atoms with Crippen LogP contribution in [0.3, 0.4) is 0 Å². The normalized spacial score (nSPS) is 11.5. The fourth-order valence-electron chi connectivity index (χ4n) is 1.32. The van der Waals surface area contributed by atoms with Crippen molar-refractivity contribution in [2.24, 2.45) is 0 Å². The predicted octanol–water partition coefficient (Wildman–Crippen LogP) is -0.956. The monoisotopic (exact) mass is 243 g/mol. The van der Waals surface area contributed by atoms with E-state index in [0.717, 1.165) is 0 Å². The Morgan fingerprint density at radius 2 is 1.94 bits per heavy atom. The van der Waals surface area contributed by atoms with Crippen LogP contribution in [-0.2, 0) is 11.2 Å². The zero-order valence-corrected chi connectivity index (χ0v) is 9.43. The van der Waals surface area contributed by atoms with Crippen molar-refractivity contribution in [1.29, 1.82) is 0 Å². The molecule has 96 valence electrons. The van der Waals surface area contributed by atoms with Crippen LogP contribution in [0.15, 0.2) is 22.8 Å². The second kappa shape index (κ2) is 6.39. The molecule has 0 aliphatic carbocycles. The number of furan rings is 1. The summed E-state index contributed by atoms with van der Waals surface area (Å²) in [5.74, 6) is 0.321. The number of hydrogen-bond donors (Lipinski definition) is 4. The molecule has 0 saturated carbocycles. The van der Waals surface area contributed by atoms with Gasteiger partial charge in [0, 0.05) is 12.8 Å². The first-order chi connectivity index (χ1) is 8.15. The van der Waals surface area contributed by atoms with E-state index in [1.54, 1.807) is 12.1 Å². The van der Waals surface area contributed by atoms with Crippen LogP contribution in [0.4, 0.5) is 0 Å². The zero-order chi connectivity index (χ0) is 12.7. The number of rotatable bonds is 7. The fourth-order valence-corrected chi connectivity index (χ4v) is 1.32. The molecule has 1 rings (SSSR count). The molecule has 0 atom stereocenters. The Balaban J connectivity index is 2.42. The van der Waals surface area contributed by atoms with E-state index >= 15 is 0 Å². The molecule has 0 aromatic carbocycles. The molecule has 0 saturated heterocycles. The summed E-state index contributed by atoms with van der Waals surface area (Å²) in [6.07, 6.45) is 2.11. The first-order valence-corrected chi connectivity index (χ1v) is 5.32. The third-order valence-corrected chi connectivity index (χ3v) is 2.49. The highest BCUT2D eigenvalue weighted by molar-refractivity contribution is 5.77. The Kier molecular flexibility index (Phi) is 5.14. The highest BCUT2D eigenvalue weighted by atomic mass is 16.3. The minimum atomic E-state index is -1.36. The molecule has 1 amide bonds. The summed E-state index contributed by atoms with van der Waals surface area (Å²) in [5, 5.41) is 29.5. The molecule has 6 heteroatoms. The van der Waals surface area contributed by atoms with Crippen molar-refractivity contribution in [2.45, 2.75) is 18.4 Å². The SMILES string of the molecule is O=C(CCc1ccco1)NC(CO)(CO)CO. The zero-order valence-electron chi connectivity index (χ0n) is 9.43. The van der Waals surface area contributed by atoms with Crippen LogP contribution in [0.2, 0.25) is 0 Å². The van der Waals surface area contributed by atoms with Crippen molar-refractivity contribution in [3.05, 3.63) is 24.2 Å². The lowest BCUT2D eigenvalue weighted by Gasteiger charge is -2.28. The molecule has 0 radical (unpaired) electrons. The van der Waals surface area contributed by atoms with E-state index in [1.807, 2.05) is 0 Å². The Morgan fingerprint density at radius 1 is 1.29 bits per heavy atom. The Hall–Kier alpha value is -1.37. The highest BCUT2D eigenvalue weighted by Gasteiger charge is 2.29. The summed E-state index contributed by atoms with van der Waals surface area (Å²) >= 11 is 0. The van der Waals surface area contributed by atoms with Gasteiger partial charge in [-0.05, 0) is 12.1 Å². The smallest absolute Gasteiger partial charge is 0.221 e. The Morgan fingerprint density at radius 3 is 2.41 bits per heavy atom. The van der Waals surface area contributed by atoms with Crippen LogP contribution in [0.1, 0.15) is 12.2 Å². The molecule has 4 N–H and O–H groups in total. The molecule has 0 aliphatic heterocycles. The molecule has 0 fully saturated rings. The molecule has 0 aliphatic rings. The molecule has 1 aromatic heterocycles. The number of carbonyl (C=O) groups excluding carboxylic acids is 1. The fraction of sp³-hybridized carbons (Fsp3) is 0.545. The average molecular weight is 243 g/mol. The van der Waals surface area contributed by atoms with E-state index in [0.29, 0.717) is 12.2 Å². The van der Waals surface area contributed by atoms with Gasteiger partial charge in [-0.1, -0.05) is 0 Å². The van der Waals surface area contributed by atoms with Gasteiger partial charge in [0.05, 0.1) is 26.1 Å². The van der Waals surface area contributed by atoms with Crippen LogP contribution in [0, 0.1) is 0 Å². The quantitative estimate of drug-likeness (QED) is 0.494. The molecule has 0 bridgehead atoms. The van der Waals surface area contributed by atoms with Gasteiger partial charge in [0.15, 0.2) is 0 Å². The van der Waals surface area contributed by atoms with E-state index in [-0.39, 0.29) is 12.3 Å². The summed E-state index contributed by atoms with van der Waals surface area (Å²) in [4.78, 5) is 11.5. The largest absolute Gasteiger partial charge is 0.469 e. The van der Waals surface area contributed by atoms with Gasteiger partial charge < -0.3 is 25.1 Å². The van der Waals surface area contributed by atoms with Gasteiger partial charge in [0.1, 0.15) is 11.3 Å². The number of aliphatic hydroxyl groups excluding tert-OH is 3. The Bertz CT molecular complexity index is 323. The molecule has 0 spiro atoms. The number of aliphatic hydroxyl groups is 3. The maximum atomic E-state index is 11.5. The maximum Gasteiger partial charge on any atom is 0.221 e. The number of hydrogen-bond acceptors (Lipinski definition) is 5. The summed E-state index contributed by atoms with van der Waals surface area (Å²) in [7, 11) is 0. The first-order valence-electron chi connectivity index (χ1n) is 5.32. The van der Waals surface area contributed by atoms with Gasteiger partial charge in [-0.2, -0.15) is 0 Å². The summed E-state index contributed by atoms with van der Waals surface area (Å²) in [5.41, 5.74) is -1.36. The van der Waals surface area contributed by atoms with Gasteiger partial charge in [-0.25, -0.2) is 0 Å². The minimum absolute atomic E-state index is 0.162. The molecule has 6 nitrogen and oxygen atoms in total. The van der Waals surface area contributed by atoms with Crippen LogP contribution >= 0.6 is 0 Å². The number of amides is 1. The standard InChI is InChI=1S/C11H17NO5/c13-6-11(7-14,8-15)12-10(16)4-3-9-2-1-5-17-9/h1-2,5,13-15H,3-4,6-8H2,(H,12,16). The van der Waals surface area contributed by atoms with Crippen LogP contribution < -0.4 is 5.32 Å². The highest BCUT2D eigenvalue weighted by Crippen LogP contribution is 2.06. The summed E-state index contributed by atoms with van der Waals surface area (Å²) in [6, 6.07) is 3.48. The lowest BCUT2D eigenvalue weighted by molar-refractivity contribution is -0.125. The van der Waals surface area contributed by atoms with E-state index in [1.165, 1.54) is 6.26 Å². The number of nitrogens with one attached hydrogen (secondary N) is 1. The van der Waals surface area contributed by atoms with Crippen LogP contribution in [0.25, 0.3) is 0 Å². The molecule has 0 unspecified atom stereocenters. The summed E-state index contributed by atoms with van der Waals surface area (Å²) in [6.45, 7) is -1.56. The first kappa shape index (κ1) is 13.7. The van der Waals surface area contributed by atoms with Crippen molar-refractivity contribution in [2.75, 3.05) is 19.8 Å². The lowest BCUT2D eigenvalue weighted by Crippen LogP contribution is -2.57.